The van der Waals surface area contributed by atoms with Gasteiger partial charge in [-0.1, -0.05) is 73.2 Å². The molecular formula is C24H22N4O3S. The number of nitrogens with zero attached hydrogens (tertiary/aromatic N) is 3. The second kappa shape index (κ2) is 9.23. The maximum Gasteiger partial charge on any atom is 0.278 e. The largest absolute Gasteiger partial charge is 0.296 e. The summed E-state index contributed by atoms with van der Waals surface area (Å²) in [6.45, 7) is 3.94. The minimum atomic E-state index is -0.477. The summed E-state index contributed by atoms with van der Waals surface area (Å²) in [5, 5.41) is 8.36. The first kappa shape index (κ1) is 21.6. The lowest BCUT2D eigenvalue weighted by Gasteiger charge is -2.10. The van der Waals surface area contributed by atoms with Crippen molar-refractivity contribution < 1.29 is 9.59 Å². The average Bonchev–Trinajstić information content (AvgIpc) is 3.23. The molecule has 0 atom stereocenters. The van der Waals surface area contributed by atoms with Gasteiger partial charge in [-0.2, -0.15) is 5.10 Å². The third-order valence-electron chi connectivity index (χ3n) is 5.02. The number of rotatable bonds is 7. The number of ketones is 1. The fourth-order valence-electron chi connectivity index (χ4n) is 3.42. The Morgan fingerprint density at radius 3 is 2.41 bits per heavy atom. The van der Waals surface area contributed by atoms with Crippen LogP contribution in [0.25, 0.3) is 22.0 Å². The zero-order chi connectivity index (χ0) is 22.7. The molecule has 0 saturated heterocycles. The molecule has 8 heteroatoms. The Morgan fingerprint density at radius 2 is 1.72 bits per heavy atom. The van der Waals surface area contributed by atoms with Gasteiger partial charge in [0.1, 0.15) is 0 Å². The molecule has 0 bridgehead atoms. The van der Waals surface area contributed by atoms with Crippen molar-refractivity contribution in [2.45, 2.75) is 33.2 Å². The first-order valence-electron chi connectivity index (χ1n) is 10.4. The second-order valence-electron chi connectivity index (χ2n) is 7.35. The molecule has 0 aliphatic carbocycles. The molecule has 0 aliphatic rings. The number of unbranched alkanes of at least 4 members (excludes halogenated alkanes) is 1. The first-order chi connectivity index (χ1) is 15.5. The molecule has 0 radical (unpaired) electrons. The van der Waals surface area contributed by atoms with Crippen molar-refractivity contribution in [3.63, 3.8) is 0 Å². The van der Waals surface area contributed by atoms with Crippen molar-refractivity contribution >= 4 is 38.9 Å². The number of anilines is 1. The number of hydrogen-bond donors (Lipinski definition) is 1. The SMILES string of the molecule is CCCCn1nc(C(=O)Nc2nc(-c3ccccc3)c(C(C)=O)s2)c2ccccc2c1=O. The van der Waals surface area contributed by atoms with E-state index in [1.165, 1.54) is 11.6 Å². The maximum absolute atomic E-state index is 13.2. The second-order valence-corrected chi connectivity index (χ2v) is 8.35. The van der Waals surface area contributed by atoms with Crippen LogP contribution in [0.2, 0.25) is 0 Å². The predicted octanol–water partition coefficient (Wildman–Crippen LogP) is 4.78. The lowest BCUT2D eigenvalue weighted by Crippen LogP contribution is -2.27. The summed E-state index contributed by atoms with van der Waals surface area (Å²) in [4.78, 5) is 43.1. The van der Waals surface area contributed by atoms with Gasteiger partial charge in [-0.3, -0.25) is 19.7 Å². The van der Waals surface area contributed by atoms with E-state index in [-0.39, 0.29) is 17.0 Å². The van der Waals surface area contributed by atoms with E-state index in [1.54, 1.807) is 24.3 Å². The number of carbonyl (C=O) groups excluding carboxylic acids is 2. The highest BCUT2D eigenvalue weighted by molar-refractivity contribution is 7.18. The molecule has 2 aromatic heterocycles. The van der Waals surface area contributed by atoms with E-state index in [2.05, 4.69) is 15.4 Å². The van der Waals surface area contributed by atoms with Crippen LogP contribution < -0.4 is 10.9 Å². The fraction of sp³-hybridized carbons (Fsp3) is 0.208. The number of hydrogen-bond acceptors (Lipinski definition) is 6. The van der Waals surface area contributed by atoms with Crippen LogP contribution in [0.1, 0.15) is 46.8 Å². The van der Waals surface area contributed by atoms with Gasteiger partial charge in [-0.05, 0) is 12.5 Å². The fourth-order valence-corrected chi connectivity index (χ4v) is 4.30. The molecule has 1 amide bonds. The standard InChI is InChI=1S/C24H22N4O3S/c1-3-4-14-28-23(31)18-13-9-8-12-17(18)20(27-28)22(30)26-24-25-19(21(32-24)15(2)29)16-10-6-5-7-11-16/h5-13H,3-4,14H2,1-2H3,(H,25,26,30). The normalized spacial score (nSPS) is 10.9. The number of aromatic nitrogens is 3. The maximum atomic E-state index is 13.2. The summed E-state index contributed by atoms with van der Waals surface area (Å²) < 4.78 is 1.35. The van der Waals surface area contributed by atoms with Crippen molar-refractivity contribution in [1.29, 1.82) is 0 Å². The van der Waals surface area contributed by atoms with Gasteiger partial charge in [-0.25, -0.2) is 9.67 Å². The van der Waals surface area contributed by atoms with Gasteiger partial charge < -0.3 is 0 Å². The van der Waals surface area contributed by atoms with E-state index in [0.717, 1.165) is 29.7 Å². The van der Waals surface area contributed by atoms with Gasteiger partial charge in [0.2, 0.25) is 0 Å². The summed E-state index contributed by atoms with van der Waals surface area (Å²) in [5.74, 6) is -0.603. The molecular weight excluding hydrogens is 424 g/mol. The predicted molar refractivity (Wildman–Crippen MR) is 126 cm³/mol. The van der Waals surface area contributed by atoms with Gasteiger partial charge >= 0.3 is 0 Å². The third kappa shape index (κ3) is 4.22. The number of carbonyl (C=O) groups is 2. The highest BCUT2D eigenvalue weighted by Crippen LogP contribution is 2.31. The van der Waals surface area contributed by atoms with Crippen LogP contribution in [0, 0.1) is 0 Å². The Kier molecular flexibility index (Phi) is 6.23. The molecule has 0 unspecified atom stereocenters. The van der Waals surface area contributed by atoms with Crippen LogP contribution in [-0.4, -0.2) is 26.5 Å². The molecule has 4 aromatic rings. The summed E-state index contributed by atoms with van der Waals surface area (Å²) >= 11 is 1.12. The Morgan fingerprint density at radius 1 is 1.03 bits per heavy atom. The van der Waals surface area contributed by atoms with E-state index >= 15 is 0 Å². The Labute approximate surface area is 188 Å². The molecule has 0 spiro atoms. The number of Topliss-reactive ketones (excluding diaryl/α,β-unsaturated/α-hetero) is 1. The van der Waals surface area contributed by atoms with Gasteiger partial charge in [0, 0.05) is 24.4 Å². The van der Waals surface area contributed by atoms with Crippen LogP contribution in [0.4, 0.5) is 5.13 Å². The summed E-state index contributed by atoms with van der Waals surface area (Å²) in [6, 6.07) is 16.3. The zero-order valence-electron chi connectivity index (χ0n) is 17.8. The highest BCUT2D eigenvalue weighted by Gasteiger charge is 2.21. The van der Waals surface area contributed by atoms with Gasteiger partial charge in [-0.15, -0.1) is 0 Å². The Hall–Kier alpha value is -3.65. The van der Waals surface area contributed by atoms with Crippen LogP contribution in [-0.2, 0) is 6.54 Å². The summed E-state index contributed by atoms with van der Waals surface area (Å²) in [7, 11) is 0. The number of nitrogens with one attached hydrogen (secondary N) is 1. The minimum absolute atomic E-state index is 0.126. The lowest BCUT2D eigenvalue weighted by molar-refractivity contribution is 0.101. The molecule has 2 heterocycles. The first-order valence-corrected chi connectivity index (χ1v) is 11.2. The molecule has 1 N–H and O–H groups in total. The van der Waals surface area contributed by atoms with Crippen molar-refractivity contribution in [3.05, 3.63) is 75.5 Å². The lowest BCUT2D eigenvalue weighted by atomic mass is 10.1. The van der Waals surface area contributed by atoms with Crippen molar-refractivity contribution in [1.82, 2.24) is 14.8 Å². The average molecular weight is 447 g/mol. The minimum Gasteiger partial charge on any atom is -0.296 e. The number of benzene rings is 2. The monoisotopic (exact) mass is 446 g/mol. The molecule has 4 rings (SSSR count). The number of aryl methyl sites for hydroxylation is 1. The van der Waals surface area contributed by atoms with E-state index in [4.69, 9.17) is 0 Å². The van der Waals surface area contributed by atoms with Gasteiger partial charge in [0.25, 0.3) is 11.5 Å². The Balaban J connectivity index is 1.74. The van der Waals surface area contributed by atoms with Crippen molar-refractivity contribution in [2.75, 3.05) is 5.32 Å². The Bertz CT molecular complexity index is 1360. The smallest absolute Gasteiger partial charge is 0.278 e. The zero-order valence-corrected chi connectivity index (χ0v) is 18.6. The van der Waals surface area contributed by atoms with E-state index in [9.17, 15) is 14.4 Å². The number of fused-ring (bicyclic) bond motifs is 1. The number of thiazole rings is 1. The van der Waals surface area contributed by atoms with Crippen LogP contribution in [0.5, 0.6) is 0 Å². The van der Waals surface area contributed by atoms with Gasteiger partial charge in [0.05, 0.1) is 16.0 Å². The van der Waals surface area contributed by atoms with Crippen LogP contribution in [0.15, 0.2) is 59.4 Å². The van der Waals surface area contributed by atoms with E-state index in [1.807, 2.05) is 37.3 Å². The summed E-state index contributed by atoms with van der Waals surface area (Å²) in [5.41, 5.74) is 1.26. The van der Waals surface area contributed by atoms with Crippen LogP contribution >= 0.6 is 11.3 Å². The quantitative estimate of drug-likeness (QED) is 0.413. The third-order valence-corrected chi connectivity index (χ3v) is 6.09. The summed E-state index contributed by atoms with van der Waals surface area (Å²) in [6.07, 6.45) is 1.68. The molecule has 162 valence electrons. The number of amides is 1. The molecule has 0 fully saturated rings. The molecule has 0 saturated carbocycles. The van der Waals surface area contributed by atoms with Crippen molar-refractivity contribution in [3.8, 4) is 11.3 Å². The molecule has 2 aromatic carbocycles. The molecule has 7 nitrogen and oxygen atoms in total. The highest BCUT2D eigenvalue weighted by atomic mass is 32.1. The molecule has 32 heavy (non-hydrogen) atoms. The van der Waals surface area contributed by atoms with Crippen molar-refractivity contribution in [2.24, 2.45) is 0 Å². The molecule has 0 aliphatic heterocycles. The van der Waals surface area contributed by atoms with Crippen LogP contribution in [0.3, 0.4) is 0 Å². The van der Waals surface area contributed by atoms with E-state index < -0.39 is 5.91 Å². The van der Waals surface area contributed by atoms with E-state index in [0.29, 0.717) is 33.0 Å². The van der Waals surface area contributed by atoms with Gasteiger partial charge in [0.15, 0.2) is 16.6 Å². The topological polar surface area (TPSA) is 93.9 Å².